The first-order valence-corrected chi connectivity index (χ1v) is 14.5. The maximum atomic E-state index is 11.3. The molecule has 0 radical (unpaired) electrons. The van der Waals surface area contributed by atoms with Crippen molar-refractivity contribution in [3.05, 3.63) is 65.4 Å². The van der Waals surface area contributed by atoms with Crippen molar-refractivity contribution in [1.82, 2.24) is 0 Å². The third-order valence-electron chi connectivity index (χ3n) is 7.01. The number of hydrogen-bond donors (Lipinski definition) is 1. The van der Waals surface area contributed by atoms with Gasteiger partial charge in [0, 0.05) is 36.3 Å². The molecule has 0 aliphatic heterocycles. The average Bonchev–Trinajstić information content (AvgIpc) is 2.86. The molecule has 4 nitrogen and oxygen atoms in total. The van der Waals surface area contributed by atoms with Crippen molar-refractivity contribution >= 4 is 0 Å². The summed E-state index contributed by atoms with van der Waals surface area (Å²) in [6.07, 6.45) is 31.9. The highest BCUT2D eigenvalue weighted by Gasteiger charge is 2.04. The summed E-state index contributed by atoms with van der Waals surface area (Å²) < 4.78 is 3.29. The van der Waals surface area contributed by atoms with Gasteiger partial charge in [0.15, 0.2) is 24.8 Å². The van der Waals surface area contributed by atoms with E-state index >= 15 is 0 Å². The SMILES string of the molecule is [I-].[O-][n+]1cccc(CCCCCCCCCCC[n+]2cccc(CCCCCCCCCCO)c2)c1. The molecular weight excluding hydrogens is 559 g/mol. The van der Waals surface area contributed by atoms with E-state index in [-0.39, 0.29) is 24.0 Å². The molecule has 2 aromatic heterocycles. The van der Waals surface area contributed by atoms with Gasteiger partial charge in [0.05, 0.1) is 0 Å². The number of halogens is 1. The van der Waals surface area contributed by atoms with Crippen molar-refractivity contribution in [2.75, 3.05) is 6.61 Å². The molecule has 0 unspecified atom stereocenters. The number of unbranched alkanes of at least 4 members (excludes halogenated alkanes) is 15. The number of aromatic nitrogens is 2. The van der Waals surface area contributed by atoms with E-state index in [0.717, 1.165) is 29.7 Å². The topological polar surface area (TPSA) is 51.0 Å². The molecule has 1 N–H and O–H groups in total. The molecule has 36 heavy (non-hydrogen) atoms. The zero-order valence-corrected chi connectivity index (χ0v) is 24.8. The molecule has 204 valence electrons. The molecule has 0 aliphatic carbocycles. The Kier molecular flexibility index (Phi) is 20.9. The molecule has 2 aromatic rings. The summed E-state index contributed by atoms with van der Waals surface area (Å²) in [5, 5.41) is 20.1. The first kappa shape index (κ1) is 32.8. The Morgan fingerprint density at radius 3 is 1.53 bits per heavy atom. The van der Waals surface area contributed by atoms with Crippen LogP contribution in [0, 0.1) is 5.21 Å². The highest BCUT2D eigenvalue weighted by atomic mass is 127. The third kappa shape index (κ3) is 17.3. The van der Waals surface area contributed by atoms with Gasteiger partial charge >= 0.3 is 0 Å². The molecule has 0 aliphatic rings. The lowest BCUT2D eigenvalue weighted by atomic mass is 10.0. The summed E-state index contributed by atoms with van der Waals surface area (Å²) in [7, 11) is 0. The average molecular weight is 611 g/mol. The summed E-state index contributed by atoms with van der Waals surface area (Å²) in [6.45, 7) is 1.49. The summed E-state index contributed by atoms with van der Waals surface area (Å²) >= 11 is 0. The minimum atomic E-state index is 0. The number of aliphatic hydroxyl groups excluding tert-OH is 1. The number of aryl methyl sites for hydroxylation is 3. The molecular formula is C31H51IN2O2. The summed E-state index contributed by atoms with van der Waals surface area (Å²) in [5.41, 5.74) is 2.64. The van der Waals surface area contributed by atoms with Gasteiger partial charge < -0.3 is 34.3 Å². The van der Waals surface area contributed by atoms with E-state index in [2.05, 4.69) is 35.2 Å². The van der Waals surface area contributed by atoms with Crippen LogP contribution in [0.25, 0.3) is 0 Å². The van der Waals surface area contributed by atoms with Gasteiger partial charge in [-0.3, -0.25) is 0 Å². The van der Waals surface area contributed by atoms with Crippen molar-refractivity contribution in [3.8, 4) is 0 Å². The Hall–Kier alpha value is -1.21. The fourth-order valence-corrected chi connectivity index (χ4v) is 4.87. The Bertz CT molecular complexity index is 772. The summed E-state index contributed by atoms with van der Waals surface area (Å²) in [5.74, 6) is 0. The highest BCUT2D eigenvalue weighted by molar-refractivity contribution is 5.05. The lowest BCUT2D eigenvalue weighted by Gasteiger charge is -2.04. The number of nitrogens with zero attached hydrogens (tertiary/aromatic N) is 2. The fourth-order valence-electron chi connectivity index (χ4n) is 4.87. The van der Waals surface area contributed by atoms with Crippen molar-refractivity contribution in [1.29, 1.82) is 0 Å². The standard InChI is InChI=1S/C31H51N2O2.HI/c34-27-17-13-9-5-3-7-10-14-20-30-22-18-25-32(28-30)24-16-12-8-4-1-2-6-11-15-21-31-23-19-26-33(35)29-31;/h18-19,22-23,25-26,28-29,34H,1-17,20-21,24,27H2;1H/q+1;/p-1. The van der Waals surface area contributed by atoms with Gasteiger partial charge in [-0.15, -0.1) is 0 Å². The second kappa shape index (κ2) is 22.9. The molecule has 0 saturated heterocycles. The smallest absolute Gasteiger partial charge is 0.183 e. The molecule has 2 rings (SSSR count). The predicted molar refractivity (Wildman–Crippen MR) is 145 cm³/mol. The molecule has 0 aromatic carbocycles. The monoisotopic (exact) mass is 610 g/mol. The van der Waals surface area contributed by atoms with E-state index in [1.807, 2.05) is 6.07 Å². The highest BCUT2D eigenvalue weighted by Crippen LogP contribution is 2.12. The van der Waals surface area contributed by atoms with Gasteiger partial charge in [-0.25, -0.2) is 4.57 Å². The van der Waals surface area contributed by atoms with Crippen LogP contribution in [0.2, 0.25) is 0 Å². The number of aliphatic hydroxyl groups is 1. The van der Waals surface area contributed by atoms with Crippen LogP contribution < -0.4 is 33.3 Å². The van der Waals surface area contributed by atoms with Gasteiger partial charge in [0.2, 0.25) is 0 Å². The molecule has 0 spiro atoms. The Balaban J connectivity index is 0.00000648. The molecule has 0 bridgehead atoms. The van der Waals surface area contributed by atoms with Gasteiger partial charge in [-0.1, -0.05) is 77.0 Å². The predicted octanol–water partition coefficient (Wildman–Crippen LogP) is 4.02. The van der Waals surface area contributed by atoms with Crippen LogP contribution in [-0.2, 0) is 19.4 Å². The minimum absolute atomic E-state index is 0. The normalized spacial score (nSPS) is 10.9. The van der Waals surface area contributed by atoms with E-state index in [0.29, 0.717) is 6.61 Å². The van der Waals surface area contributed by atoms with Crippen molar-refractivity contribution < 1.29 is 38.4 Å². The van der Waals surface area contributed by atoms with Crippen molar-refractivity contribution in [2.24, 2.45) is 0 Å². The van der Waals surface area contributed by atoms with E-state index in [4.69, 9.17) is 5.11 Å². The third-order valence-corrected chi connectivity index (χ3v) is 7.01. The van der Waals surface area contributed by atoms with Crippen molar-refractivity contribution in [2.45, 2.75) is 129 Å². The van der Waals surface area contributed by atoms with E-state index in [1.165, 1.54) is 115 Å². The maximum Gasteiger partial charge on any atom is 0.183 e. The van der Waals surface area contributed by atoms with Gasteiger partial charge in [-0.05, 0) is 50.7 Å². The van der Waals surface area contributed by atoms with Crippen LogP contribution in [0.4, 0.5) is 0 Å². The van der Waals surface area contributed by atoms with E-state index in [1.54, 1.807) is 12.4 Å². The minimum Gasteiger partial charge on any atom is -1.00 e. The Morgan fingerprint density at radius 2 is 1.00 bits per heavy atom. The van der Waals surface area contributed by atoms with Crippen LogP contribution in [0.3, 0.4) is 0 Å². The van der Waals surface area contributed by atoms with Crippen LogP contribution in [0.5, 0.6) is 0 Å². The van der Waals surface area contributed by atoms with E-state index in [9.17, 15) is 5.21 Å². The second-order valence-electron chi connectivity index (χ2n) is 10.3. The lowest BCUT2D eigenvalue weighted by molar-refractivity contribution is -0.697. The quantitative estimate of drug-likeness (QED) is 0.0949. The Morgan fingerprint density at radius 1 is 0.556 bits per heavy atom. The Labute approximate surface area is 238 Å². The maximum absolute atomic E-state index is 11.3. The molecule has 0 saturated carbocycles. The molecule has 0 fully saturated rings. The second-order valence-corrected chi connectivity index (χ2v) is 10.3. The summed E-state index contributed by atoms with van der Waals surface area (Å²) in [4.78, 5) is 0. The van der Waals surface area contributed by atoms with Crippen LogP contribution >= 0.6 is 0 Å². The van der Waals surface area contributed by atoms with Crippen LogP contribution in [0.1, 0.15) is 120 Å². The van der Waals surface area contributed by atoms with Gasteiger partial charge in [0.25, 0.3) is 0 Å². The first-order chi connectivity index (χ1) is 17.3. The molecule has 0 amide bonds. The molecule has 2 heterocycles. The van der Waals surface area contributed by atoms with E-state index < -0.39 is 0 Å². The number of pyridine rings is 2. The number of hydrogen-bond acceptors (Lipinski definition) is 2. The van der Waals surface area contributed by atoms with Crippen LogP contribution in [-0.4, -0.2) is 11.7 Å². The van der Waals surface area contributed by atoms with Gasteiger partial charge in [-0.2, -0.15) is 4.73 Å². The zero-order chi connectivity index (χ0) is 24.8. The number of rotatable bonds is 22. The largest absolute Gasteiger partial charge is 1.00 e. The lowest BCUT2D eigenvalue weighted by Crippen LogP contribution is -3.00. The van der Waals surface area contributed by atoms with Crippen molar-refractivity contribution in [3.63, 3.8) is 0 Å². The van der Waals surface area contributed by atoms with Crippen LogP contribution in [0.15, 0.2) is 49.1 Å². The molecule has 0 atom stereocenters. The first-order valence-electron chi connectivity index (χ1n) is 14.5. The zero-order valence-electron chi connectivity index (χ0n) is 22.6. The van der Waals surface area contributed by atoms with Gasteiger partial charge in [0.1, 0.15) is 6.54 Å². The molecule has 5 heteroatoms. The fraction of sp³-hybridized carbons (Fsp3) is 0.677. The summed E-state index contributed by atoms with van der Waals surface area (Å²) in [6, 6.07) is 8.39.